The Morgan fingerprint density at radius 2 is 1.07 bits per heavy atom. The average Bonchev–Trinajstić information content (AvgIpc) is 2.19. The van der Waals surface area contributed by atoms with Gasteiger partial charge in [0.25, 0.3) is 0 Å². The summed E-state index contributed by atoms with van der Waals surface area (Å²) in [5.41, 5.74) is 0.285. The highest BCUT2D eigenvalue weighted by molar-refractivity contribution is 6.37. The molecule has 84 valence electrons. The van der Waals surface area contributed by atoms with Crippen molar-refractivity contribution in [1.29, 1.82) is 0 Å². The predicted octanol–water partition coefficient (Wildman–Crippen LogP) is 1.18. The highest BCUT2D eigenvalue weighted by Gasteiger charge is 2.20. The van der Waals surface area contributed by atoms with E-state index in [1.165, 1.54) is 0 Å². The Labute approximate surface area is 96.3 Å². The van der Waals surface area contributed by atoms with E-state index >= 15 is 0 Å². The lowest BCUT2D eigenvalue weighted by molar-refractivity contribution is 0.259. The van der Waals surface area contributed by atoms with Crippen molar-refractivity contribution in [3.05, 3.63) is 26.7 Å². The molecule has 0 amide bonds. The van der Waals surface area contributed by atoms with Gasteiger partial charge >= 0.3 is 0 Å². The molecular weight excluding hydrogens is 243 g/mol. The predicted molar refractivity (Wildman–Crippen MR) is 55.9 cm³/mol. The lowest BCUT2D eigenvalue weighted by Crippen LogP contribution is -2.00. The van der Waals surface area contributed by atoms with E-state index in [1.54, 1.807) is 0 Å². The van der Waals surface area contributed by atoms with Crippen LogP contribution in [-0.2, 0) is 19.8 Å². The molecule has 4 nitrogen and oxygen atoms in total. The molecule has 1 rings (SSSR count). The first-order valence-electron chi connectivity index (χ1n) is 4.11. The topological polar surface area (TPSA) is 80.9 Å². The summed E-state index contributed by atoms with van der Waals surface area (Å²) in [4.78, 5) is 0. The highest BCUT2D eigenvalue weighted by atomic mass is 35.5. The standard InChI is InChI=1S/C9H10Cl2O4/c10-7-4(1-12)8(11)6(3-14)9(15)5(7)2-13/h12-15H,1-3H2. The van der Waals surface area contributed by atoms with Gasteiger partial charge in [-0.25, -0.2) is 0 Å². The maximum absolute atomic E-state index is 9.60. The number of aliphatic hydroxyl groups is 3. The van der Waals surface area contributed by atoms with Crippen molar-refractivity contribution in [2.75, 3.05) is 0 Å². The van der Waals surface area contributed by atoms with Crippen LogP contribution in [0.15, 0.2) is 0 Å². The molecule has 0 bridgehead atoms. The average molecular weight is 253 g/mol. The van der Waals surface area contributed by atoms with Gasteiger partial charge in [0.1, 0.15) is 5.75 Å². The van der Waals surface area contributed by atoms with Crippen LogP contribution in [0.5, 0.6) is 5.75 Å². The van der Waals surface area contributed by atoms with E-state index in [0.29, 0.717) is 0 Å². The van der Waals surface area contributed by atoms with Crippen LogP contribution in [0.1, 0.15) is 16.7 Å². The third-order valence-electron chi connectivity index (χ3n) is 2.11. The first-order chi connectivity index (χ1) is 7.08. The molecule has 0 fully saturated rings. The molecule has 0 aromatic heterocycles. The minimum Gasteiger partial charge on any atom is -0.507 e. The first kappa shape index (κ1) is 12.5. The highest BCUT2D eigenvalue weighted by Crippen LogP contribution is 2.39. The minimum atomic E-state index is -0.498. The molecule has 0 radical (unpaired) electrons. The fourth-order valence-electron chi connectivity index (χ4n) is 1.28. The smallest absolute Gasteiger partial charge is 0.129 e. The zero-order valence-electron chi connectivity index (χ0n) is 7.67. The molecule has 1 aromatic rings. The van der Waals surface area contributed by atoms with Crippen LogP contribution < -0.4 is 0 Å². The van der Waals surface area contributed by atoms with Crippen molar-refractivity contribution in [3.8, 4) is 5.75 Å². The maximum atomic E-state index is 9.60. The van der Waals surface area contributed by atoms with Crippen LogP contribution in [0, 0.1) is 0 Å². The van der Waals surface area contributed by atoms with E-state index < -0.39 is 19.8 Å². The van der Waals surface area contributed by atoms with Crippen molar-refractivity contribution in [1.82, 2.24) is 0 Å². The van der Waals surface area contributed by atoms with Gasteiger partial charge in [0.15, 0.2) is 0 Å². The summed E-state index contributed by atoms with van der Waals surface area (Å²) in [6.07, 6.45) is 0. The molecule has 0 aliphatic rings. The van der Waals surface area contributed by atoms with Gasteiger partial charge in [0.2, 0.25) is 0 Å². The van der Waals surface area contributed by atoms with E-state index in [-0.39, 0.29) is 32.5 Å². The zero-order chi connectivity index (χ0) is 11.6. The number of benzene rings is 1. The van der Waals surface area contributed by atoms with Crippen LogP contribution in [-0.4, -0.2) is 20.4 Å². The number of halogens is 2. The van der Waals surface area contributed by atoms with Gasteiger partial charge in [-0.05, 0) is 0 Å². The Morgan fingerprint density at radius 1 is 0.733 bits per heavy atom. The second-order valence-corrected chi connectivity index (χ2v) is 3.64. The summed E-state index contributed by atoms with van der Waals surface area (Å²) in [6.45, 7) is -1.43. The molecule has 0 spiro atoms. The van der Waals surface area contributed by atoms with Crippen molar-refractivity contribution in [2.45, 2.75) is 19.8 Å². The lowest BCUT2D eigenvalue weighted by Gasteiger charge is -2.14. The van der Waals surface area contributed by atoms with Crippen molar-refractivity contribution >= 4 is 23.2 Å². The van der Waals surface area contributed by atoms with E-state index in [0.717, 1.165) is 0 Å². The summed E-state index contributed by atoms with van der Waals surface area (Å²) >= 11 is 11.6. The van der Waals surface area contributed by atoms with Crippen LogP contribution in [0.3, 0.4) is 0 Å². The fraction of sp³-hybridized carbons (Fsp3) is 0.333. The molecule has 0 aliphatic heterocycles. The van der Waals surface area contributed by atoms with Crippen molar-refractivity contribution < 1.29 is 20.4 Å². The number of rotatable bonds is 3. The number of phenols is 1. The van der Waals surface area contributed by atoms with Gasteiger partial charge < -0.3 is 20.4 Å². The number of hydrogen-bond donors (Lipinski definition) is 4. The molecule has 0 unspecified atom stereocenters. The molecule has 6 heteroatoms. The van der Waals surface area contributed by atoms with Gasteiger partial charge in [-0.2, -0.15) is 0 Å². The van der Waals surface area contributed by atoms with Crippen LogP contribution in [0.4, 0.5) is 0 Å². The first-order valence-corrected chi connectivity index (χ1v) is 4.87. The van der Waals surface area contributed by atoms with Gasteiger partial charge in [-0.15, -0.1) is 0 Å². The Kier molecular flexibility index (Phi) is 4.19. The molecule has 4 N–H and O–H groups in total. The Balaban J connectivity index is 3.57. The molecule has 0 heterocycles. The number of aliphatic hydroxyl groups excluding tert-OH is 3. The summed E-state index contributed by atoms with van der Waals surface area (Å²) in [5, 5.41) is 36.6. The fourth-order valence-corrected chi connectivity index (χ4v) is 1.93. The summed E-state index contributed by atoms with van der Waals surface area (Å²) in [5.74, 6) is -0.341. The Morgan fingerprint density at radius 3 is 1.33 bits per heavy atom. The van der Waals surface area contributed by atoms with Gasteiger partial charge in [0.05, 0.1) is 29.9 Å². The third kappa shape index (κ3) is 2.04. The van der Waals surface area contributed by atoms with Crippen LogP contribution in [0.2, 0.25) is 10.0 Å². The zero-order valence-corrected chi connectivity index (χ0v) is 9.18. The van der Waals surface area contributed by atoms with Gasteiger partial charge in [0, 0.05) is 16.7 Å². The largest absolute Gasteiger partial charge is 0.507 e. The molecule has 1 aromatic carbocycles. The summed E-state index contributed by atoms with van der Waals surface area (Å²) in [6, 6.07) is 0. The molecule has 15 heavy (non-hydrogen) atoms. The maximum Gasteiger partial charge on any atom is 0.129 e. The SMILES string of the molecule is OCc1c(O)c(CO)c(Cl)c(CO)c1Cl. The molecule has 0 saturated heterocycles. The summed E-state index contributed by atoms with van der Waals surface area (Å²) in [7, 11) is 0. The number of hydrogen-bond acceptors (Lipinski definition) is 4. The quantitative estimate of drug-likeness (QED) is 0.652. The molecule has 0 aliphatic carbocycles. The molecule has 0 atom stereocenters. The van der Waals surface area contributed by atoms with Gasteiger partial charge in [-0.3, -0.25) is 0 Å². The van der Waals surface area contributed by atoms with Gasteiger partial charge in [-0.1, -0.05) is 23.2 Å². The third-order valence-corrected chi connectivity index (χ3v) is 3.02. The molecule has 0 saturated carbocycles. The van der Waals surface area contributed by atoms with Crippen LogP contribution in [0.25, 0.3) is 0 Å². The number of aromatic hydroxyl groups is 1. The lowest BCUT2D eigenvalue weighted by atomic mass is 10.0. The Hall–Kier alpha value is -0.520. The molecular formula is C9H10Cl2O4. The second kappa shape index (κ2) is 5.01. The van der Waals surface area contributed by atoms with Crippen molar-refractivity contribution in [3.63, 3.8) is 0 Å². The van der Waals surface area contributed by atoms with E-state index in [1.807, 2.05) is 0 Å². The minimum absolute atomic E-state index is 0.0136. The van der Waals surface area contributed by atoms with E-state index in [9.17, 15) is 5.11 Å². The van der Waals surface area contributed by atoms with E-state index in [2.05, 4.69) is 0 Å². The van der Waals surface area contributed by atoms with Crippen molar-refractivity contribution in [2.24, 2.45) is 0 Å². The van der Waals surface area contributed by atoms with Crippen LogP contribution >= 0.6 is 23.2 Å². The monoisotopic (exact) mass is 252 g/mol. The van der Waals surface area contributed by atoms with E-state index in [4.69, 9.17) is 38.5 Å². The summed E-state index contributed by atoms with van der Waals surface area (Å²) < 4.78 is 0. The second-order valence-electron chi connectivity index (χ2n) is 2.89. The normalized spacial score (nSPS) is 10.7. The Bertz CT molecular complexity index is 301.